The molecule has 1 amide bonds. The van der Waals surface area contributed by atoms with Crippen LogP contribution in [0.15, 0.2) is 23.3 Å². The zero-order valence-corrected chi connectivity index (χ0v) is 15.9. The Morgan fingerprint density at radius 1 is 1.21 bits per heavy atom. The number of hydrogen-bond donors (Lipinski definition) is 0. The normalized spacial score (nSPS) is 24.8. The summed E-state index contributed by atoms with van der Waals surface area (Å²) < 4.78 is 42.0. The van der Waals surface area contributed by atoms with Crippen LogP contribution in [0.5, 0.6) is 0 Å². The van der Waals surface area contributed by atoms with Gasteiger partial charge >= 0.3 is 0 Å². The van der Waals surface area contributed by atoms with Gasteiger partial charge in [-0.3, -0.25) is 4.79 Å². The summed E-state index contributed by atoms with van der Waals surface area (Å²) in [4.78, 5) is 14.7. The summed E-state index contributed by atoms with van der Waals surface area (Å²) in [5, 5.41) is 14.6. The van der Waals surface area contributed by atoms with Gasteiger partial charge in [-0.25, -0.2) is 18.2 Å². The Morgan fingerprint density at radius 3 is 2.61 bits per heavy atom. The third-order valence-electron chi connectivity index (χ3n) is 4.97. The molecule has 2 aromatic rings. The SMILES string of the molecule is Cc1nnc(N2CC[C@@H](C(=O)N3N=CC[C@@H]3c3cc(F)cc(F)c3)[C@@H](F)C2)s1. The fourth-order valence-electron chi connectivity index (χ4n) is 3.61. The summed E-state index contributed by atoms with van der Waals surface area (Å²) >= 11 is 1.38. The molecule has 3 heterocycles. The van der Waals surface area contributed by atoms with Gasteiger partial charge in [-0.15, -0.1) is 10.2 Å². The van der Waals surface area contributed by atoms with Gasteiger partial charge in [0.2, 0.25) is 11.0 Å². The zero-order chi connectivity index (χ0) is 19.8. The lowest BCUT2D eigenvalue weighted by atomic mass is 9.93. The number of aryl methyl sites for hydroxylation is 1. The molecule has 1 saturated heterocycles. The largest absolute Gasteiger partial charge is 0.344 e. The molecule has 6 nitrogen and oxygen atoms in total. The summed E-state index contributed by atoms with van der Waals surface area (Å²) in [6, 6.07) is 2.49. The molecular formula is C18H18F3N5OS. The van der Waals surface area contributed by atoms with Crippen molar-refractivity contribution in [1.29, 1.82) is 0 Å². The second kappa shape index (κ2) is 7.50. The molecular weight excluding hydrogens is 391 g/mol. The molecule has 0 spiro atoms. The van der Waals surface area contributed by atoms with Crippen molar-refractivity contribution < 1.29 is 18.0 Å². The van der Waals surface area contributed by atoms with Crippen LogP contribution < -0.4 is 4.90 Å². The Hall–Kier alpha value is -2.49. The van der Waals surface area contributed by atoms with Crippen molar-refractivity contribution in [3.63, 3.8) is 0 Å². The Kier molecular flexibility index (Phi) is 5.05. The monoisotopic (exact) mass is 409 g/mol. The van der Waals surface area contributed by atoms with Crippen LogP contribution in [-0.2, 0) is 4.79 Å². The van der Waals surface area contributed by atoms with Crippen molar-refractivity contribution >= 4 is 28.6 Å². The Balaban J connectivity index is 1.48. The van der Waals surface area contributed by atoms with E-state index in [1.807, 2.05) is 6.92 Å². The summed E-state index contributed by atoms with van der Waals surface area (Å²) in [6.07, 6.45) is 0.743. The maximum Gasteiger partial charge on any atom is 0.249 e. The number of carbonyl (C=O) groups is 1. The molecule has 1 fully saturated rings. The number of amides is 1. The van der Waals surface area contributed by atoms with Crippen LogP contribution in [0.4, 0.5) is 18.3 Å². The van der Waals surface area contributed by atoms with Gasteiger partial charge < -0.3 is 4.90 Å². The van der Waals surface area contributed by atoms with Gasteiger partial charge in [0.05, 0.1) is 18.5 Å². The minimum Gasteiger partial charge on any atom is -0.344 e. The molecule has 1 aromatic heterocycles. The summed E-state index contributed by atoms with van der Waals surface area (Å²) in [7, 11) is 0. The first-order valence-corrected chi connectivity index (χ1v) is 9.74. The molecule has 0 saturated carbocycles. The van der Waals surface area contributed by atoms with E-state index >= 15 is 0 Å². The quantitative estimate of drug-likeness (QED) is 0.781. The number of rotatable bonds is 3. The highest BCUT2D eigenvalue weighted by Crippen LogP contribution is 2.34. The standard InChI is InChI=1S/C18H18F3N5OS/c1-10-23-24-18(28-10)25-5-3-14(15(21)9-25)17(27)26-16(2-4-22-26)11-6-12(19)8-13(20)7-11/h4,6-8,14-16H,2-3,5,9H2,1H3/t14-,15+,16-/m1/s1. The molecule has 4 rings (SSSR count). The first-order chi connectivity index (χ1) is 13.4. The van der Waals surface area contributed by atoms with E-state index in [4.69, 9.17) is 0 Å². The van der Waals surface area contributed by atoms with E-state index < -0.39 is 35.7 Å². The number of hydrogen-bond acceptors (Lipinski definition) is 6. The summed E-state index contributed by atoms with van der Waals surface area (Å²) in [6.45, 7) is 2.34. The molecule has 1 aromatic carbocycles. The number of anilines is 1. The highest BCUT2D eigenvalue weighted by Gasteiger charge is 2.40. The lowest BCUT2D eigenvalue weighted by Gasteiger charge is -2.35. The maximum absolute atomic E-state index is 14.8. The topological polar surface area (TPSA) is 61.7 Å². The van der Waals surface area contributed by atoms with Gasteiger partial charge in [0, 0.05) is 25.2 Å². The van der Waals surface area contributed by atoms with Crippen LogP contribution in [0, 0.1) is 24.5 Å². The number of carbonyl (C=O) groups excluding carboxylic acids is 1. The fraction of sp³-hybridized carbons (Fsp3) is 0.444. The molecule has 0 bridgehead atoms. The van der Waals surface area contributed by atoms with Gasteiger partial charge in [-0.2, -0.15) is 5.10 Å². The van der Waals surface area contributed by atoms with Gasteiger partial charge in [0.25, 0.3) is 0 Å². The van der Waals surface area contributed by atoms with E-state index in [2.05, 4.69) is 15.3 Å². The predicted molar refractivity (Wildman–Crippen MR) is 98.9 cm³/mol. The molecule has 0 aliphatic carbocycles. The molecule has 10 heteroatoms. The van der Waals surface area contributed by atoms with E-state index in [0.717, 1.165) is 16.1 Å². The molecule has 148 valence electrons. The molecule has 28 heavy (non-hydrogen) atoms. The molecule has 0 unspecified atom stereocenters. The number of alkyl halides is 1. The fourth-order valence-corrected chi connectivity index (χ4v) is 4.33. The number of benzene rings is 1. The van der Waals surface area contributed by atoms with E-state index in [0.29, 0.717) is 30.1 Å². The Labute approximate surface area is 163 Å². The van der Waals surface area contributed by atoms with E-state index in [1.54, 1.807) is 4.90 Å². The first kappa shape index (κ1) is 18.9. The van der Waals surface area contributed by atoms with Crippen LogP contribution >= 0.6 is 11.3 Å². The second-order valence-electron chi connectivity index (χ2n) is 6.90. The highest BCUT2D eigenvalue weighted by molar-refractivity contribution is 7.15. The van der Waals surface area contributed by atoms with Crippen LogP contribution in [0.3, 0.4) is 0 Å². The lowest BCUT2D eigenvalue weighted by molar-refractivity contribution is -0.140. The number of halogens is 3. The van der Waals surface area contributed by atoms with E-state index in [-0.39, 0.29) is 6.54 Å². The van der Waals surface area contributed by atoms with Gasteiger partial charge in [0.15, 0.2) is 0 Å². The van der Waals surface area contributed by atoms with Crippen LogP contribution in [0.2, 0.25) is 0 Å². The summed E-state index contributed by atoms with van der Waals surface area (Å²) in [5.74, 6) is -2.78. The Morgan fingerprint density at radius 2 is 1.96 bits per heavy atom. The third kappa shape index (κ3) is 3.60. The van der Waals surface area contributed by atoms with Crippen molar-refractivity contribution in [3.05, 3.63) is 40.4 Å². The zero-order valence-electron chi connectivity index (χ0n) is 15.1. The molecule has 2 aliphatic rings. The summed E-state index contributed by atoms with van der Waals surface area (Å²) in [5.41, 5.74) is 0.306. The number of hydrazone groups is 1. The molecule has 2 aliphatic heterocycles. The minimum absolute atomic E-state index is 0.0435. The number of aromatic nitrogens is 2. The van der Waals surface area contributed by atoms with Crippen molar-refractivity contribution in [2.24, 2.45) is 11.0 Å². The molecule has 0 N–H and O–H groups in total. The van der Waals surface area contributed by atoms with Crippen molar-refractivity contribution in [2.45, 2.75) is 32.0 Å². The van der Waals surface area contributed by atoms with Gasteiger partial charge in [0.1, 0.15) is 22.8 Å². The number of piperidine rings is 1. The number of nitrogens with zero attached hydrogens (tertiary/aromatic N) is 5. The van der Waals surface area contributed by atoms with Crippen LogP contribution in [0.1, 0.15) is 29.5 Å². The smallest absolute Gasteiger partial charge is 0.249 e. The Bertz CT molecular complexity index is 900. The average molecular weight is 409 g/mol. The molecule has 3 atom stereocenters. The van der Waals surface area contributed by atoms with E-state index in [1.165, 1.54) is 29.7 Å². The molecule has 0 radical (unpaired) electrons. The van der Waals surface area contributed by atoms with Crippen molar-refractivity contribution in [1.82, 2.24) is 15.2 Å². The third-order valence-corrected chi connectivity index (χ3v) is 5.87. The van der Waals surface area contributed by atoms with E-state index in [9.17, 15) is 18.0 Å². The van der Waals surface area contributed by atoms with Gasteiger partial charge in [-0.1, -0.05) is 11.3 Å². The highest BCUT2D eigenvalue weighted by atomic mass is 32.1. The predicted octanol–water partition coefficient (Wildman–Crippen LogP) is 3.25. The van der Waals surface area contributed by atoms with Crippen molar-refractivity contribution in [3.8, 4) is 0 Å². The van der Waals surface area contributed by atoms with Crippen molar-refractivity contribution in [2.75, 3.05) is 18.0 Å². The van der Waals surface area contributed by atoms with Crippen LogP contribution in [-0.4, -0.2) is 46.6 Å². The lowest BCUT2D eigenvalue weighted by Crippen LogP contribution is -2.48. The van der Waals surface area contributed by atoms with Crippen LogP contribution in [0.25, 0.3) is 0 Å². The first-order valence-electron chi connectivity index (χ1n) is 8.93. The average Bonchev–Trinajstić information content (AvgIpc) is 3.29. The van der Waals surface area contributed by atoms with Gasteiger partial charge in [-0.05, 0) is 31.0 Å². The minimum atomic E-state index is -1.40. The maximum atomic E-state index is 14.8. The second-order valence-corrected chi connectivity index (χ2v) is 8.06.